The van der Waals surface area contributed by atoms with Gasteiger partial charge in [0.05, 0.1) is 30.5 Å². The summed E-state index contributed by atoms with van der Waals surface area (Å²) in [4.78, 5) is 17.9. The van der Waals surface area contributed by atoms with Crippen LogP contribution in [-0.2, 0) is 21.3 Å². The predicted octanol–water partition coefficient (Wildman–Crippen LogP) is 1.77. The van der Waals surface area contributed by atoms with E-state index in [2.05, 4.69) is 10.3 Å². The zero-order valence-electron chi connectivity index (χ0n) is 13.9. The zero-order chi connectivity index (χ0) is 18.0. The van der Waals surface area contributed by atoms with Crippen LogP contribution in [0.15, 0.2) is 16.3 Å². The van der Waals surface area contributed by atoms with Crippen LogP contribution in [0.2, 0.25) is 0 Å². The number of rotatable bonds is 5. The van der Waals surface area contributed by atoms with E-state index in [1.807, 2.05) is 6.92 Å². The second-order valence-electron chi connectivity index (χ2n) is 5.57. The van der Waals surface area contributed by atoms with Crippen LogP contribution in [0.1, 0.15) is 25.3 Å². The van der Waals surface area contributed by atoms with Crippen LogP contribution >= 0.6 is 22.7 Å². The number of thiazole rings is 1. The number of nitrogens with zero attached hydrogens (tertiary/aromatic N) is 2. The normalized spacial score (nSPS) is 16.1. The summed E-state index contributed by atoms with van der Waals surface area (Å²) in [7, 11) is -3.48. The van der Waals surface area contributed by atoms with Gasteiger partial charge in [0.2, 0.25) is 0 Å². The molecule has 1 N–H and O–H groups in total. The molecule has 25 heavy (non-hydrogen) atoms. The summed E-state index contributed by atoms with van der Waals surface area (Å²) in [5.41, 5.74) is 0.710. The van der Waals surface area contributed by atoms with Crippen LogP contribution in [-0.4, -0.2) is 49.9 Å². The Hall–Kier alpha value is -1.33. The van der Waals surface area contributed by atoms with Gasteiger partial charge in [0.25, 0.3) is 15.9 Å². The summed E-state index contributed by atoms with van der Waals surface area (Å²) >= 11 is 2.53. The Labute approximate surface area is 154 Å². The topological polar surface area (TPSA) is 88.6 Å². The molecule has 0 radical (unpaired) electrons. The first-order chi connectivity index (χ1) is 11.9. The third-order valence-electron chi connectivity index (χ3n) is 3.73. The molecule has 0 saturated carbocycles. The molecule has 1 fully saturated rings. The molecular formula is C15H19N3O4S3. The van der Waals surface area contributed by atoms with Crippen molar-refractivity contribution in [1.82, 2.24) is 14.6 Å². The minimum atomic E-state index is -3.48. The molecule has 0 bridgehead atoms. The molecule has 2 aromatic rings. The number of aromatic nitrogens is 1. The Kier molecular flexibility index (Phi) is 5.54. The van der Waals surface area contributed by atoms with Gasteiger partial charge in [0.15, 0.2) is 0 Å². The molecule has 1 aliphatic heterocycles. The van der Waals surface area contributed by atoms with Crippen molar-refractivity contribution in [2.45, 2.75) is 24.6 Å². The van der Waals surface area contributed by atoms with Gasteiger partial charge in [0, 0.05) is 18.0 Å². The van der Waals surface area contributed by atoms with Gasteiger partial charge in [-0.1, -0.05) is 0 Å². The van der Waals surface area contributed by atoms with Gasteiger partial charge in [0.1, 0.15) is 9.09 Å². The Bertz CT molecular complexity index is 866. The van der Waals surface area contributed by atoms with E-state index in [1.54, 1.807) is 19.1 Å². The number of amides is 1. The highest BCUT2D eigenvalue weighted by atomic mass is 32.2. The highest BCUT2D eigenvalue weighted by Crippen LogP contribution is 2.26. The van der Waals surface area contributed by atoms with Gasteiger partial charge in [-0.2, -0.15) is 4.31 Å². The van der Waals surface area contributed by atoms with Crippen molar-refractivity contribution in [1.29, 1.82) is 0 Å². The van der Waals surface area contributed by atoms with E-state index in [4.69, 9.17) is 4.74 Å². The molecular weight excluding hydrogens is 382 g/mol. The molecule has 0 spiro atoms. The van der Waals surface area contributed by atoms with Gasteiger partial charge in [-0.25, -0.2) is 13.4 Å². The van der Waals surface area contributed by atoms with E-state index in [9.17, 15) is 13.2 Å². The minimum absolute atomic E-state index is 0.186. The number of hydrogen-bond donors (Lipinski definition) is 1. The summed E-state index contributed by atoms with van der Waals surface area (Å²) in [6.45, 7) is 5.53. The molecule has 2 aromatic heterocycles. The summed E-state index contributed by atoms with van der Waals surface area (Å²) < 4.78 is 32.1. The fourth-order valence-corrected chi connectivity index (χ4v) is 6.19. The smallest absolute Gasteiger partial charge is 0.263 e. The first kappa shape index (κ1) is 18.5. The Morgan fingerprint density at radius 3 is 2.64 bits per heavy atom. The standard InChI is InChI=1S/C15H19N3O4S3/c1-10-14(23-11(2)17-10)15(19)16-9-12-3-4-13(24-12)25(20,21)18-5-7-22-8-6-18/h3-4H,5-9H2,1-2H3,(H,16,19). The van der Waals surface area contributed by atoms with E-state index in [-0.39, 0.29) is 5.91 Å². The molecule has 1 aliphatic rings. The molecule has 1 saturated heterocycles. The first-order valence-electron chi connectivity index (χ1n) is 7.77. The number of ether oxygens (including phenoxy) is 1. The summed E-state index contributed by atoms with van der Waals surface area (Å²) in [5, 5.41) is 3.67. The van der Waals surface area contributed by atoms with Gasteiger partial charge < -0.3 is 10.1 Å². The average Bonchev–Trinajstić information content (AvgIpc) is 3.20. The SMILES string of the molecule is Cc1nc(C)c(C(=O)NCc2ccc(S(=O)(=O)N3CCOCC3)s2)s1. The molecule has 0 atom stereocenters. The molecule has 0 aliphatic carbocycles. The maximum Gasteiger partial charge on any atom is 0.263 e. The highest BCUT2D eigenvalue weighted by Gasteiger charge is 2.27. The molecule has 7 nitrogen and oxygen atoms in total. The Balaban J connectivity index is 1.65. The number of morpholine rings is 1. The Morgan fingerprint density at radius 2 is 2.00 bits per heavy atom. The monoisotopic (exact) mass is 401 g/mol. The third kappa shape index (κ3) is 4.09. The van der Waals surface area contributed by atoms with E-state index < -0.39 is 10.0 Å². The van der Waals surface area contributed by atoms with E-state index in [1.165, 1.54) is 27.0 Å². The first-order valence-corrected chi connectivity index (χ1v) is 10.8. The van der Waals surface area contributed by atoms with E-state index >= 15 is 0 Å². The average molecular weight is 402 g/mol. The number of nitrogens with one attached hydrogen (secondary N) is 1. The zero-order valence-corrected chi connectivity index (χ0v) is 16.4. The summed E-state index contributed by atoms with van der Waals surface area (Å²) in [6.07, 6.45) is 0. The Morgan fingerprint density at radius 1 is 1.28 bits per heavy atom. The van der Waals surface area contributed by atoms with Crippen molar-refractivity contribution >= 4 is 38.6 Å². The number of hydrogen-bond acceptors (Lipinski definition) is 7. The fourth-order valence-electron chi connectivity index (χ4n) is 2.50. The van der Waals surface area contributed by atoms with E-state index in [0.29, 0.717) is 47.6 Å². The van der Waals surface area contributed by atoms with Crippen molar-refractivity contribution in [3.05, 3.63) is 32.6 Å². The molecule has 3 rings (SSSR count). The molecule has 1 amide bonds. The van der Waals surface area contributed by atoms with Gasteiger partial charge >= 0.3 is 0 Å². The predicted molar refractivity (Wildman–Crippen MR) is 96.7 cm³/mol. The van der Waals surface area contributed by atoms with E-state index in [0.717, 1.165) is 9.88 Å². The molecule has 0 aromatic carbocycles. The second kappa shape index (κ2) is 7.50. The second-order valence-corrected chi connectivity index (χ2v) is 10.1. The van der Waals surface area contributed by atoms with Crippen LogP contribution in [0.25, 0.3) is 0 Å². The van der Waals surface area contributed by atoms with Crippen LogP contribution in [0.3, 0.4) is 0 Å². The van der Waals surface area contributed by atoms with Crippen molar-refractivity contribution < 1.29 is 17.9 Å². The maximum atomic E-state index is 12.6. The number of carbonyl (C=O) groups is 1. The van der Waals surface area contributed by atoms with Crippen LogP contribution < -0.4 is 5.32 Å². The summed E-state index contributed by atoms with van der Waals surface area (Å²) in [6, 6.07) is 3.34. The lowest BCUT2D eigenvalue weighted by Gasteiger charge is -2.25. The highest BCUT2D eigenvalue weighted by molar-refractivity contribution is 7.91. The van der Waals surface area contributed by atoms with Gasteiger partial charge in [-0.3, -0.25) is 4.79 Å². The number of sulfonamides is 1. The lowest BCUT2D eigenvalue weighted by Crippen LogP contribution is -2.40. The van der Waals surface area contributed by atoms with Crippen LogP contribution in [0.4, 0.5) is 0 Å². The third-order valence-corrected chi connectivity index (χ3v) is 8.26. The number of aryl methyl sites for hydroxylation is 2. The molecule has 136 valence electrons. The van der Waals surface area contributed by atoms with Crippen molar-refractivity contribution in [3.63, 3.8) is 0 Å². The fraction of sp³-hybridized carbons (Fsp3) is 0.467. The molecule has 0 unspecified atom stereocenters. The van der Waals surface area contributed by atoms with Crippen molar-refractivity contribution in [2.24, 2.45) is 0 Å². The lowest BCUT2D eigenvalue weighted by atomic mass is 10.3. The summed E-state index contributed by atoms with van der Waals surface area (Å²) in [5.74, 6) is -0.186. The quantitative estimate of drug-likeness (QED) is 0.825. The number of thiophene rings is 1. The van der Waals surface area contributed by atoms with Crippen LogP contribution in [0, 0.1) is 13.8 Å². The van der Waals surface area contributed by atoms with Gasteiger partial charge in [-0.05, 0) is 26.0 Å². The van der Waals surface area contributed by atoms with Crippen molar-refractivity contribution in [2.75, 3.05) is 26.3 Å². The molecule has 10 heteroatoms. The maximum absolute atomic E-state index is 12.6. The lowest BCUT2D eigenvalue weighted by molar-refractivity contribution is 0.0731. The largest absolute Gasteiger partial charge is 0.379 e. The van der Waals surface area contributed by atoms with Crippen molar-refractivity contribution in [3.8, 4) is 0 Å². The molecule has 3 heterocycles. The minimum Gasteiger partial charge on any atom is -0.379 e. The van der Waals surface area contributed by atoms with Crippen LogP contribution in [0.5, 0.6) is 0 Å². The van der Waals surface area contributed by atoms with Gasteiger partial charge in [-0.15, -0.1) is 22.7 Å². The number of carbonyl (C=O) groups excluding carboxylic acids is 1.